The van der Waals surface area contributed by atoms with Crippen LogP contribution in [0.1, 0.15) is 17.0 Å². The average Bonchev–Trinajstić information content (AvgIpc) is 3.55. The highest BCUT2D eigenvalue weighted by molar-refractivity contribution is 7.98. The fraction of sp³-hybridized carbons (Fsp3) is 0.130. The fourth-order valence-electron chi connectivity index (χ4n) is 3.14. The van der Waals surface area contributed by atoms with Crippen LogP contribution in [0.2, 0.25) is 0 Å². The minimum Gasteiger partial charge on any atom is -0.461 e. The minimum atomic E-state index is 0.490. The topological polar surface area (TPSA) is 82.8 Å². The first-order chi connectivity index (χ1) is 15.3. The lowest BCUT2D eigenvalue weighted by molar-refractivity contribution is 0.528. The first-order valence-electron chi connectivity index (χ1n) is 9.79. The molecule has 7 nitrogen and oxygen atoms in total. The number of aromatic nitrogens is 5. The smallest absolute Gasteiger partial charge is 0.247 e. The fourth-order valence-corrected chi connectivity index (χ4v) is 3.92. The van der Waals surface area contributed by atoms with Gasteiger partial charge in [0.05, 0.1) is 18.6 Å². The Hall–Kier alpha value is -3.65. The standard InChI is InChI=1S/C23H19N5O2S/c1-16-9-11-18(12-10-16)22-26-24-20(30-22)15-31-23-27-25-21(19-8-5-13-29-19)28(23)14-17-6-3-2-4-7-17/h2-13H,14-15H2,1H3. The van der Waals surface area contributed by atoms with E-state index in [0.29, 0.717) is 35.7 Å². The summed E-state index contributed by atoms with van der Waals surface area (Å²) >= 11 is 1.50. The van der Waals surface area contributed by atoms with Gasteiger partial charge >= 0.3 is 0 Å². The molecule has 0 amide bonds. The summed E-state index contributed by atoms with van der Waals surface area (Å²) in [6.07, 6.45) is 1.63. The maximum atomic E-state index is 5.85. The van der Waals surface area contributed by atoms with Crippen molar-refractivity contribution in [3.8, 4) is 23.0 Å². The van der Waals surface area contributed by atoms with E-state index in [0.717, 1.165) is 16.3 Å². The molecule has 3 heterocycles. The average molecular weight is 430 g/mol. The molecule has 3 aromatic heterocycles. The van der Waals surface area contributed by atoms with E-state index < -0.39 is 0 Å². The molecule has 0 atom stereocenters. The molecule has 0 saturated carbocycles. The number of nitrogens with zero attached hydrogens (tertiary/aromatic N) is 5. The lowest BCUT2D eigenvalue weighted by Gasteiger charge is -2.08. The van der Waals surface area contributed by atoms with Crippen molar-refractivity contribution < 1.29 is 8.83 Å². The van der Waals surface area contributed by atoms with Crippen molar-refractivity contribution in [2.75, 3.05) is 0 Å². The summed E-state index contributed by atoms with van der Waals surface area (Å²) in [5.74, 6) is 2.90. The van der Waals surface area contributed by atoms with Crippen molar-refractivity contribution in [1.82, 2.24) is 25.0 Å². The van der Waals surface area contributed by atoms with Gasteiger partial charge in [0.15, 0.2) is 10.9 Å². The van der Waals surface area contributed by atoms with Crippen LogP contribution in [-0.4, -0.2) is 25.0 Å². The Labute approximate surface area is 183 Å². The second kappa shape index (κ2) is 8.61. The number of rotatable bonds is 7. The molecule has 0 N–H and O–H groups in total. The second-order valence-electron chi connectivity index (χ2n) is 7.01. The van der Waals surface area contributed by atoms with Crippen LogP contribution >= 0.6 is 11.8 Å². The molecule has 2 aromatic carbocycles. The molecule has 0 spiro atoms. The second-order valence-corrected chi connectivity index (χ2v) is 7.95. The number of aryl methyl sites for hydroxylation is 1. The highest BCUT2D eigenvalue weighted by Crippen LogP contribution is 2.28. The zero-order valence-electron chi connectivity index (χ0n) is 16.8. The summed E-state index contributed by atoms with van der Waals surface area (Å²) in [7, 11) is 0. The predicted molar refractivity (Wildman–Crippen MR) is 117 cm³/mol. The Balaban J connectivity index is 1.37. The van der Waals surface area contributed by atoms with E-state index in [1.807, 2.05) is 66.1 Å². The van der Waals surface area contributed by atoms with Gasteiger partial charge in [0.1, 0.15) is 0 Å². The summed E-state index contributed by atoms with van der Waals surface area (Å²) in [5.41, 5.74) is 3.24. The Morgan fingerprint density at radius 3 is 2.48 bits per heavy atom. The van der Waals surface area contributed by atoms with Crippen LogP contribution in [-0.2, 0) is 12.3 Å². The van der Waals surface area contributed by atoms with Gasteiger partial charge in [-0.1, -0.05) is 59.8 Å². The van der Waals surface area contributed by atoms with Gasteiger partial charge in [-0.2, -0.15) is 0 Å². The number of thioether (sulfide) groups is 1. The van der Waals surface area contributed by atoms with Crippen LogP contribution in [0.5, 0.6) is 0 Å². The summed E-state index contributed by atoms with van der Waals surface area (Å²) in [5, 5.41) is 17.9. The molecule has 5 aromatic rings. The summed E-state index contributed by atoms with van der Waals surface area (Å²) in [6.45, 7) is 2.67. The van der Waals surface area contributed by atoms with Gasteiger partial charge in [0, 0.05) is 5.56 Å². The molecule has 0 radical (unpaired) electrons. The van der Waals surface area contributed by atoms with E-state index in [4.69, 9.17) is 8.83 Å². The molecule has 0 aliphatic heterocycles. The van der Waals surface area contributed by atoms with Crippen LogP contribution in [0.4, 0.5) is 0 Å². The van der Waals surface area contributed by atoms with Crippen molar-refractivity contribution in [1.29, 1.82) is 0 Å². The van der Waals surface area contributed by atoms with Crippen LogP contribution in [0.25, 0.3) is 23.0 Å². The lowest BCUT2D eigenvalue weighted by Crippen LogP contribution is -2.04. The minimum absolute atomic E-state index is 0.490. The predicted octanol–water partition coefficient (Wildman–Crippen LogP) is 5.24. The maximum absolute atomic E-state index is 5.85. The number of furan rings is 1. The Kier molecular flexibility index (Phi) is 5.37. The quantitative estimate of drug-likeness (QED) is 0.327. The van der Waals surface area contributed by atoms with Gasteiger partial charge in [-0.3, -0.25) is 4.57 Å². The van der Waals surface area contributed by atoms with Crippen molar-refractivity contribution in [2.24, 2.45) is 0 Å². The Bertz CT molecular complexity index is 1260. The van der Waals surface area contributed by atoms with Gasteiger partial charge in [-0.25, -0.2) is 0 Å². The van der Waals surface area contributed by atoms with Crippen molar-refractivity contribution >= 4 is 11.8 Å². The summed E-state index contributed by atoms with van der Waals surface area (Å²) in [4.78, 5) is 0. The molecule has 0 fully saturated rings. The highest BCUT2D eigenvalue weighted by Gasteiger charge is 2.18. The number of benzene rings is 2. The molecule has 0 unspecified atom stereocenters. The third kappa shape index (κ3) is 4.29. The monoisotopic (exact) mass is 429 g/mol. The molecule has 31 heavy (non-hydrogen) atoms. The summed E-state index contributed by atoms with van der Waals surface area (Å²) < 4.78 is 13.4. The first-order valence-corrected chi connectivity index (χ1v) is 10.8. The van der Waals surface area contributed by atoms with Crippen LogP contribution in [0.3, 0.4) is 0 Å². The highest BCUT2D eigenvalue weighted by atomic mass is 32.2. The van der Waals surface area contributed by atoms with Crippen LogP contribution in [0.15, 0.2) is 87.0 Å². The number of hydrogen-bond acceptors (Lipinski definition) is 7. The first kappa shape index (κ1) is 19.3. The van der Waals surface area contributed by atoms with Crippen molar-refractivity contribution in [2.45, 2.75) is 24.4 Å². The zero-order chi connectivity index (χ0) is 21.0. The summed E-state index contributed by atoms with van der Waals surface area (Å²) in [6, 6.07) is 21.9. The lowest BCUT2D eigenvalue weighted by atomic mass is 10.1. The van der Waals surface area contributed by atoms with Gasteiger partial charge in [0.2, 0.25) is 17.6 Å². The Morgan fingerprint density at radius 2 is 1.71 bits per heavy atom. The van der Waals surface area contributed by atoms with Gasteiger partial charge in [0.25, 0.3) is 0 Å². The Morgan fingerprint density at radius 1 is 0.871 bits per heavy atom. The molecule has 8 heteroatoms. The molecule has 5 rings (SSSR count). The van der Waals surface area contributed by atoms with E-state index in [1.165, 1.54) is 17.3 Å². The molecule has 154 valence electrons. The normalized spacial score (nSPS) is 11.1. The molecular formula is C23H19N5O2S. The molecule has 0 bridgehead atoms. The number of hydrogen-bond donors (Lipinski definition) is 0. The zero-order valence-corrected chi connectivity index (χ0v) is 17.6. The molecule has 0 aliphatic rings. The van der Waals surface area contributed by atoms with Gasteiger partial charge in [-0.15, -0.1) is 20.4 Å². The maximum Gasteiger partial charge on any atom is 0.247 e. The molecule has 0 saturated heterocycles. The molecular weight excluding hydrogens is 410 g/mol. The third-order valence-corrected chi connectivity index (χ3v) is 5.68. The van der Waals surface area contributed by atoms with Crippen molar-refractivity contribution in [3.05, 3.63) is 90.0 Å². The molecule has 0 aliphatic carbocycles. The SMILES string of the molecule is Cc1ccc(-c2nnc(CSc3nnc(-c4ccco4)n3Cc3ccccc3)o2)cc1. The van der Waals surface area contributed by atoms with E-state index >= 15 is 0 Å². The van der Waals surface area contributed by atoms with E-state index in [9.17, 15) is 0 Å². The van der Waals surface area contributed by atoms with E-state index in [2.05, 4.69) is 32.5 Å². The van der Waals surface area contributed by atoms with E-state index in [1.54, 1.807) is 6.26 Å². The van der Waals surface area contributed by atoms with Crippen LogP contribution in [0, 0.1) is 6.92 Å². The third-order valence-electron chi connectivity index (χ3n) is 4.73. The van der Waals surface area contributed by atoms with Crippen molar-refractivity contribution in [3.63, 3.8) is 0 Å². The van der Waals surface area contributed by atoms with Crippen LogP contribution < -0.4 is 0 Å². The largest absolute Gasteiger partial charge is 0.461 e. The van der Waals surface area contributed by atoms with E-state index in [-0.39, 0.29) is 0 Å². The van der Waals surface area contributed by atoms with Gasteiger partial charge in [-0.05, 0) is 36.8 Å². The van der Waals surface area contributed by atoms with Gasteiger partial charge < -0.3 is 8.83 Å².